The zero-order chi connectivity index (χ0) is 20.4. The van der Waals surface area contributed by atoms with Crippen LogP contribution in [0.4, 0.5) is 4.39 Å². The summed E-state index contributed by atoms with van der Waals surface area (Å²) in [5.41, 5.74) is 3.56. The smallest absolute Gasteiger partial charge is 0.275 e. The van der Waals surface area contributed by atoms with E-state index in [2.05, 4.69) is 30.3 Å². The lowest BCUT2D eigenvalue weighted by atomic mass is 10.0. The van der Waals surface area contributed by atoms with Gasteiger partial charge in [0.05, 0.1) is 11.4 Å². The number of benzene rings is 1. The molecule has 29 heavy (non-hydrogen) atoms. The third-order valence-electron chi connectivity index (χ3n) is 5.29. The third-order valence-corrected chi connectivity index (χ3v) is 5.29. The van der Waals surface area contributed by atoms with Crippen LogP contribution in [0, 0.1) is 12.7 Å². The number of amides is 1. The number of nitrogens with one attached hydrogen (secondary N) is 1. The Hall–Kier alpha value is -3.07. The van der Waals surface area contributed by atoms with Gasteiger partial charge in [0.25, 0.3) is 5.91 Å². The molecule has 0 spiro atoms. The molecule has 8 nitrogen and oxygen atoms in total. The van der Waals surface area contributed by atoms with Gasteiger partial charge in [0.2, 0.25) is 0 Å². The lowest BCUT2D eigenvalue weighted by Crippen LogP contribution is -2.44. The van der Waals surface area contributed by atoms with E-state index in [1.165, 1.54) is 12.1 Å². The van der Waals surface area contributed by atoms with Crippen molar-refractivity contribution in [3.8, 4) is 11.3 Å². The molecule has 0 atom stereocenters. The summed E-state index contributed by atoms with van der Waals surface area (Å²) in [5, 5.41) is 14.9. The molecule has 1 aliphatic heterocycles. The Kier molecular flexibility index (Phi) is 5.39. The van der Waals surface area contributed by atoms with Crippen molar-refractivity contribution in [2.75, 3.05) is 13.1 Å². The Morgan fingerprint density at radius 2 is 1.97 bits per heavy atom. The minimum absolute atomic E-state index is 0.108. The predicted octanol–water partition coefficient (Wildman–Crippen LogP) is 2.31. The summed E-state index contributed by atoms with van der Waals surface area (Å²) in [6.45, 7) is 4.22. The Labute approximate surface area is 167 Å². The molecule has 0 unspecified atom stereocenters. The number of aryl methyl sites for hydroxylation is 2. The van der Waals surface area contributed by atoms with Crippen LogP contribution in [0.1, 0.15) is 34.7 Å². The number of rotatable bonds is 5. The first kappa shape index (κ1) is 19.3. The van der Waals surface area contributed by atoms with Crippen molar-refractivity contribution in [2.24, 2.45) is 7.05 Å². The normalized spacial score (nSPS) is 15.6. The van der Waals surface area contributed by atoms with E-state index in [-0.39, 0.29) is 23.5 Å². The van der Waals surface area contributed by atoms with Crippen molar-refractivity contribution < 1.29 is 13.8 Å². The second kappa shape index (κ2) is 8.12. The molecule has 0 bridgehead atoms. The standard InChI is InChI=1S/C20H23FN6O2/c1-13-19(25-29-24-13)20(28)22-16-7-9-27(10-8-16)12-17-11-18(23-26(17)2)14-3-5-15(21)6-4-14/h3-6,11,16H,7-10,12H2,1-2H3,(H,22,28). The number of halogens is 1. The van der Waals surface area contributed by atoms with Gasteiger partial charge >= 0.3 is 0 Å². The van der Waals surface area contributed by atoms with E-state index in [1.807, 2.05) is 17.8 Å². The molecule has 1 fully saturated rings. The van der Waals surface area contributed by atoms with Crippen LogP contribution in [0.5, 0.6) is 0 Å². The van der Waals surface area contributed by atoms with Crippen molar-refractivity contribution in [3.63, 3.8) is 0 Å². The largest absolute Gasteiger partial charge is 0.348 e. The van der Waals surface area contributed by atoms with Gasteiger partial charge in [-0.3, -0.25) is 14.4 Å². The third kappa shape index (κ3) is 4.34. The van der Waals surface area contributed by atoms with E-state index < -0.39 is 0 Å². The van der Waals surface area contributed by atoms with Crippen molar-refractivity contribution in [1.82, 2.24) is 30.3 Å². The van der Waals surface area contributed by atoms with Gasteiger partial charge in [0, 0.05) is 38.3 Å². The highest BCUT2D eigenvalue weighted by atomic mass is 19.1. The Morgan fingerprint density at radius 3 is 2.62 bits per heavy atom. The summed E-state index contributed by atoms with van der Waals surface area (Å²) in [6, 6.07) is 8.51. The van der Waals surface area contributed by atoms with E-state index in [1.54, 1.807) is 19.1 Å². The van der Waals surface area contributed by atoms with Gasteiger partial charge in [-0.1, -0.05) is 5.16 Å². The number of hydrogen-bond donors (Lipinski definition) is 1. The zero-order valence-electron chi connectivity index (χ0n) is 16.4. The van der Waals surface area contributed by atoms with Gasteiger partial charge in [-0.25, -0.2) is 9.02 Å². The molecule has 1 aliphatic rings. The van der Waals surface area contributed by atoms with Crippen molar-refractivity contribution >= 4 is 5.91 Å². The molecule has 4 rings (SSSR count). The minimum atomic E-state index is -0.255. The topological polar surface area (TPSA) is 89.1 Å². The molecular weight excluding hydrogens is 375 g/mol. The number of piperidine rings is 1. The number of nitrogens with zero attached hydrogens (tertiary/aromatic N) is 5. The molecule has 1 amide bonds. The molecule has 1 saturated heterocycles. The summed E-state index contributed by atoms with van der Waals surface area (Å²) in [7, 11) is 1.92. The number of carbonyl (C=O) groups excluding carboxylic acids is 1. The second-order valence-corrected chi connectivity index (χ2v) is 7.37. The number of carbonyl (C=O) groups is 1. The molecule has 3 heterocycles. The van der Waals surface area contributed by atoms with Crippen molar-refractivity contribution in [1.29, 1.82) is 0 Å². The van der Waals surface area contributed by atoms with Crippen LogP contribution in [-0.4, -0.2) is 50.0 Å². The van der Waals surface area contributed by atoms with Crippen LogP contribution in [0.3, 0.4) is 0 Å². The summed E-state index contributed by atoms with van der Waals surface area (Å²) in [6.07, 6.45) is 1.72. The minimum Gasteiger partial charge on any atom is -0.348 e. The summed E-state index contributed by atoms with van der Waals surface area (Å²) in [4.78, 5) is 14.6. The molecule has 0 aliphatic carbocycles. The number of aromatic nitrogens is 4. The molecule has 0 radical (unpaired) electrons. The van der Waals surface area contributed by atoms with Crippen LogP contribution < -0.4 is 5.32 Å². The van der Waals surface area contributed by atoms with E-state index in [4.69, 9.17) is 0 Å². The summed E-state index contributed by atoms with van der Waals surface area (Å²) < 4.78 is 19.6. The van der Waals surface area contributed by atoms with Gasteiger partial charge < -0.3 is 5.32 Å². The van der Waals surface area contributed by atoms with Gasteiger partial charge in [0.15, 0.2) is 5.69 Å². The fourth-order valence-electron chi connectivity index (χ4n) is 3.57. The quantitative estimate of drug-likeness (QED) is 0.710. The van der Waals surface area contributed by atoms with Gasteiger partial charge in [-0.15, -0.1) is 0 Å². The second-order valence-electron chi connectivity index (χ2n) is 7.37. The average Bonchev–Trinajstić information content (AvgIpc) is 3.30. The first-order valence-corrected chi connectivity index (χ1v) is 9.61. The fourth-order valence-corrected chi connectivity index (χ4v) is 3.57. The SMILES string of the molecule is Cc1nonc1C(=O)NC1CCN(Cc2cc(-c3ccc(F)cc3)nn2C)CC1. The molecule has 1 aromatic carbocycles. The molecule has 3 aromatic rings. The van der Waals surface area contributed by atoms with Gasteiger partial charge in [-0.05, 0) is 55.3 Å². The highest BCUT2D eigenvalue weighted by molar-refractivity contribution is 5.93. The molecule has 0 saturated carbocycles. The van der Waals surface area contributed by atoms with E-state index in [9.17, 15) is 9.18 Å². The summed E-state index contributed by atoms with van der Waals surface area (Å²) >= 11 is 0. The van der Waals surface area contributed by atoms with E-state index in [0.29, 0.717) is 5.69 Å². The Balaban J connectivity index is 1.32. The first-order valence-electron chi connectivity index (χ1n) is 9.61. The Bertz CT molecular complexity index is 989. The van der Waals surface area contributed by atoms with Crippen LogP contribution in [0.25, 0.3) is 11.3 Å². The van der Waals surface area contributed by atoms with Crippen LogP contribution in [0.15, 0.2) is 35.0 Å². The van der Waals surface area contributed by atoms with Crippen molar-refractivity contribution in [2.45, 2.75) is 32.4 Å². The van der Waals surface area contributed by atoms with Crippen LogP contribution in [0.2, 0.25) is 0 Å². The average molecular weight is 398 g/mol. The maximum atomic E-state index is 13.1. The molecule has 2 aromatic heterocycles. The zero-order valence-corrected chi connectivity index (χ0v) is 16.4. The van der Waals surface area contributed by atoms with Crippen LogP contribution in [-0.2, 0) is 13.6 Å². The number of likely N-dealkylation sites (tertiary alicyclic amines) is 1. The highest BCUT2D eigenvalue weighted by Gasteiger charge is 2.24. The van der Waals surface area contributed by atoms with Crippen LogP contribution >= 0.6 is 0 Å². The molecular formula is C20H23FN6O2. The first-order chi connectivity index (χ1) is 14.0. The molecule has 152 valence electrons. The van der Waals surface area contributed by atoms with E-state index in [0.717, 1.165) is 49.4 Å². The predicted molar refractivity (Wildman–Crippen MR) is 103 cm³/mol. The molecule has 1 N–H and O–H groups in total. The lowest BCUT2D eigenvalue weighted by molar-refractivity contribution is 0.0898. The fraction of sp³-hybridized carbons (Fsp3) is 0.400. The maximum absolute atomic E-state index is 13.1. The van der Waals surface area contributed by atoms with Gasteiger partial charge in [0.1, 0.15) is 11.5 Å². The van der Waals surface area contributed by atoms with Crippen molar-refractivity contribution in [3.05, 3.63) is 53.2 Å². The lowest BCUT2D eigenvalue weighted by Gasteiger charge is -2.32. The van der Waals surface area contributed by atoms with Gasteiger partial charge in [-0.2, -0.15) is 5.10 Å². The van der Waals surface area contributed by atoms with E-state index >= 15 is 0 Å². The summed E-state index contributed by atoms with van der Waals surface area (Å²) in [5.74, 6) is -0.493. The Morgan fingerprint density at radius 1 is 1.24 bits per heavy atom. The molecule has 9 heteroatoms. The monoisotopic (exact) mass is 398 g/mol. The maximum Gasteiger partial charge on any atom is 0.275 e. The highest BCUT2D eigenvalue weighted by Crippen LogP contribution is 2.21. The number of hydrogen-bond acceptors (Lipinski definition) is 6.